The molecular formula is C40H43N6O7S. The van der Waals surface area contributed by atoms with E-state index in [2.05, 4.69) is 25.5 Å². The number of urea groups is 1. The summed E-state index contributed by atoms with van der Waals surface area (Å²) in [6.45, 7) is 5.01. The molecule has 281 valence electrons. The van der Waals surface area contributed by atoms with Crippen molar-refractivity contribution in [3.8, 4) is 28.0 Å². The third kappa shape index (κ3) is 7.88. The molecule has 54 heavy (non-hydrogen) atoms. The number of hydrogen-bond acceptors (Lipinski definition) is 10. The van der Waals surface area contributed by atoms with Crippen LogP contribution in [0.4, 0.5) is 9.59 Å². The fraction of sp³-hybridized carbons (Fsp3) is 0.400. The summed E-state index contributed by atoms with van der Waals surface area (Å²) < 4.78 is 17.2. The molecular weight excluding hydrogens is 709 g/mol. The molecule has 1 saturated heterocycles. The molecule has 14 heteroatoms. The number of benzene rings is 2. The quantitative estimate of drug-likeness (QED) is 0.192. The number of nitrogens with one attached hydrogen (secondary N) is 1. The Morgan fingerprint density at radius 3 is 2.63 bits per heavy atom. The van der Waals surface area contributed by atoms with E-state index in [9.17, 15) is 19.2 Å². The summed E-state index contributed by atoms with van der Waals surface area (Å²) in [7, 11) is 1.60. The van der Waals surface area contributed by atoms with Crippen LogP contribution in [0.3, 0.4) is 0 Å². The van der Waals surface area contributed by atoms with E-state index in [4.69, 9.17) is 29.9 Å². The molecule has 0 bridgehead atoms. The number of fused-ring (bicyclic) bond motifs is 3. The van der Waals surface area contributed by atoms with Crippen LogP contribution >= 0.6 is 11.3 Å². The molecule has 2 fully saturated rings. The Hall–Kier alpha value is -5.50. The zero-order valence-corrected chi connectivity index (χ0v) is 31.3. The predicted molar refractivity (Wildman–Crippen MR) is 203 cm³/mol. The van der Waals surface area contributed by atoms with E-state index >= 15 is 0 Å². The first-order chi connectivity index (χ1) is 26.1. The molecule has 4 unspecified atom stereocenters. The van der Waals surface area contributed by atoms with Gasteiger partial charge in [0.1, 0.15) is 45.6 Å². The van der Waals surface area contributed by atoms with Gasteiger partial charge in [-0.15, -0.1) is 11.3 Å². The number of carbonyl (C=O) groups excluding carboxylic acids is 4. The van der Waals surface area contributed by atoms with Crippen molar-refractivity contribution in [1.82, 2.24) is 25.1 Å². The fourth-order valence-corrected chi connectivity index (χ4v) is 8.00. The van der Waals surface area contributed by atoms with Gasteiger partial charge in [-0.05, 0) is 61.4 Å². The number of carbonyl (C=O) groups is 3. The van der Waals surface area contributed by atoms with E-state index in [1.807, 2.05) is 41.8 Å². The van der Waals surface area contributed by atoms with Gasteiger partial charge in [0, 0.05) is 48.3 Å². The lowest BCUT2D eigenvalue weighted by atomic mass is 10.1. The summed E-state index contributed by atoms with van der Waals surface area (Å²) in [4.78, 5) is 65.2. The molecule has 0 spiro atoms. The summed E-state index contributed by atoms with van der Waals surface area (Å²) in [5, 5.41) is 6.48. The second kappa shape index (κ2) is 15.5. The van der Waals surface area contributed by atoms with Crippen molar-refractivity contribution in [3.63, 3.8) is 0 Å². The number of ether oxygens (including phenoxy) is 3. The highest BCUT2D eigenvalue weighted by Gasteiger charge is 2.56. The number of amides is 4. The minimum Gasteiger partial charge on any atom is -0.497 e. The molecule has 3 N–H and O–H groups in total. The van der Waals surface area contributed by atoms with Crippen molar-refractivity contribution >= 4 is 46.6 Å². The maximum Gasteiger partial charge on any atom is 0.409 e. The first-order valence-corrected chi connectivity index (χ1v) is 19.0. The van der Waals surface area contributed by atoms with Crippen molar-refractivity contribution < 1.29 is 33.4 Å². The molecule has 4 heterocycles. The molecule has 3 aliphatic rings. The summed E-state index contributed by atoms with van der Waals surface area (Å²) in [5.41, 5.74) is 7.13. The Balaban J connectivity index is 1.21. The highest BCUT2D eigenvalue weighted by Crippen LogP contribution is 2.44. The van der Waals surface area contributed by atoms with E-state index in [-0.39, 0.29) is 37.4 Å². The number of hydrogen-bond donors (Lipinski definition) is 2. The number of thiazole rings is 1. The first-order valence-electron chi connectivity index (χ1n) is 18.2. The van der Waals surface area contributed by atoms with Crippen molar-refractivity contribution in [1.29, 1.82) is 0 Å². The number of nitrogens with zero attached hydrogens (tertiary/aromatic N) is 4. The molecule has 2 aliphatic heterocycles. The van der Waals surface area contributed by atoms with Gasteiger partial charge < -0.3 is 35.1 Å². The Morgan fingerprint density at radius 2 is 1.91 bits per heavy atom. The number of methoxy groups -OCH3 is 1. The Labute approximate surface area is 317 Å². The number of primary amides is 1. The van der Waals surface area contributed by atoms with Gasteiger partial charge in [0.15, 0.2) is 0 Å². The van der Waals surface area contributed by atoms with Crippen LogP contribution in [0.25, 0.3) is 21.6 Å². The minimum atomic E-state index is -1.11. The van der Waals surface area contributed by atoms with E-state index < -0.39 is 29.7 Å². The van der Waals surface area contributed by atoms with Crippen LogP contribution in [0.15, 0.2) is 66.1 Å². The molecule has 4 amide bonds. The molecule has 7 rings (SSSR count). The topological polar surface area (TPSA) is 166 Å². The van der Waals surface area contributed by atoms with Gasteiger partial charge in [-0.1, -0.05) is 38.1 Å². The van der Waals surface area contributed by atoms with Gasteiger partial charge >= 0.3 is 12.1 Å². The number of aromatic nitrogens is 2. The van der Waals surface area contributed by atoms with Crippen LogP contribution in [0.5, 0.6) is 17.2 Å². The first kappa shape index (κ1) is 36.8. The molecule has 13 nitrogen and oxygen atoms in total. The maximum atomic E-state index is 14.6. The highest BCUT2D eigenvalue weighted by molar-refractivity contribution is 7.13. The average molecular weight is 752 g/mol. The molecule has 4 atom stereocenters. The summed E-state index contributed by atoms with van der Waals surface area (Å²) in [6, 6.07) is 13.0. The van der Waals surface area contributed by atoms with Gasteiger partial charge in [0.05, 0.1) is 24.9 Å². The monoisotopic (exact) mass is 751 g/mol. The van der Waals surface area contributed by atoms with Crippen LogP contribution < -0.4 is 25.3 Å². The average Bonchev–Trinajstić information content (AvgIpc) is 3.44. The van der Waals surface area contributed by atoms with Crippen molar-refractivity contribution in [3.05, 3.63) is 77.3 Å². The second-order valence-corrected chi connectivity index (χ2v) is 15.2. The van der Waals surface area contributed by atoms with E-state index in [1.54, 1.807) is 41.2 Å². The van der Waals surface area contributed by atoms with Crippen molar-refractivity contribution in [2.45, 2.75) is 76.1 Å². The number of pyridine rings is 1. The molecule has 1 aliphatic carbocycles. The Morgan fingerprint density at radius 1 is 1.11 bits per heavy atom. The lowest BCUT2D eigenvalue weighted by Crippen LogP contribution is -2.53. The smallest absolute Gasteiger partial charge is 0.409 e. The lowest BCUT2D eigenvalue weighted by Gasteiger charge is -2.32. The van der Waals surface area contributed by atoms with E-state index in [0.717, 1.165) is 40.9 Å². The van der Waals surface area contributed by atoms with E-state index in [1.165, 1.54) is 11.3 Å². The third-order valence-corrected chi connectivity index (χ3v) is 11.0. The SMILES string of the molecule is COc1ccc2c(OC3CC4C(=O)NC5([C]=O)CC5/C=C/CCCCN(Cc5ccc(OC(N)=O)cc5)C(=O)N4C3)cc(-c3nc(C(C)C)cs3)nc2c1. The molecule has 4 aromatic rings. The van der Waals surface area contributed by atoms with Crippen LogP contribution in [0, 0.1) is 5.92 Å². The predicted octanol–water partition coefficient (Wildman–Crippen LogP) is 6.12. The van der Waals surface area contributed by atoms with Gasteiger partial charge in [0.2, 0.25) is 12.2 Å². The van der Waals surface area contributed by atoms with Gasteiger partial charge in [-0.25, -0.2) is 19.6 Å². The Kier molecular flexibility index (Phi) is 10.5. The highest BCUT2D eigenvalue weighted by atomic mass is 32.1. The maximum absolute atomic E-state index is 14.6. The van der Waals surface area contributed by atoms with Crippen molar-refractivity contribution in [2.24, 2.45) is 11.7 Å². The summed E-state index contributed by atoms with van der Waals surface area (Å²) in [6.07, 6.45) is 7.62. The van der Waals surface area contributed by atoms with Crippen LogP contribution in [-0.2, 0) is 16.1 Å². The number of allylic oxidation sites excluding steroid dienone is 1. The standard InChI is InChI=1S/C40H43N6O7S/c1-24(2)33-22-54-37(43-33)32-18-35(30-14-13-28(51-3)16-31(30)42-32)52-29-17-34-36(48)44-40(23-47)19-26(40)8-6-4-5-7-15-45(39(50)46(34)21-29)20-25-9-11-27(12-10-25)53-38(41)49/h6,8-14,16,18,22,24,26,29,34H,4-5,7,15,17,19-21H2,1-3H3,(H2,41,49)(H,44,48)/b8-6+. The lowest BCUT2D eigenvalue weighted by molar-refractivity contribution is -0.125. The molecule has 2 aromatic heterocycles. The summed E-state index contributed by atoms with van der Waals surface area (Å²) >= 11 is 1.51. The van der Waals surface area contributed by atoms with Gasteiger partial charge in [-0.3, -0.25) is 9.59 Å². The van der Waals surface area contributed by atoms with Gasteiger partial charge in [-0.2, -0.15) is 0 Å². The van der Waals surface area contributed by atoms with Crippen LogP contribution in [-0.4, -0.2) is 82.0 Å². The zero-order valence-electron chi connectivity index (χ0n) is 30.4. The van der Waals surface area contributed by atoms with Crippen LogP contribution in [0.1, 0.15) is 63.1 Å². The molecule has 1 radical (unpaired) electrons. The minimum absolute atomic E-state index is 0.129. The Bertz CT molecular complexity index is 2080. The van der Waals surface area contributed by atoms with Crippen molar-refractivity contribution in [2.75, 3.05) is 20.2 Å². The molecule has 2 aromatic carbocycles. The normalized spacial score (nSPS) is 23.6. The largest absolute Gasteiger partial charge is 0.497 e. The van der Waals surface area contributed by atoms with Crippen LogP contribution in [0.2, 0.25) is 0 Å². The fourth-order valence-electron chi connectivity index (χ4n) is 7.06. The summed E-state index contributed by atoms with van der Waals surface area (Å²) in [5.74, 6) is 1.17. The van der Waals surface area contributed by atoms with Gasteiger partial charge in [0.25, 0.3) is 0 Å². The van der Waals surface area contributed by atoms with E-state index in [0.29, 0.717) is 41.4 Å². The third-order valence-electron chi connectivity index (χ3n) is 10.2. The zero-order chi connectivity index (χ0) is 38.0. The number of nitrogens with two attached hydrogens (primary N) is 1. The second-order valence-electron chi connectivity index (χ2n) is 14.3. The number of rotatable bonds is 9. The molecule has 1 saturated carbocycles.